The van der Waals surface area contributed by atoms with Gasteiger partial charge in [0.05, 0.1) is 11.4 Å². The van der Waals surface area contributed by atoms with Gasteiger partial charge in [-0.25, -0.2) is 0 Å². The average Bonchev–Trinajstić information content (AvgIpc) is 2.19. The van der Waals surface area contributed by atoms with Crippen LogP contribution in [0, 0.1) is 0 Å². The lowest BCUT2D eigenvalue weighted by atomic mass is 9.85. The van der Waals surface area contributed by atoms with Gasteiger partial charge in [-0.3, -0.25) is 4.79 Å². The molecule has 0 atom stereocenters. The summed E-state index contributed by atoms with van der Waals surface area (Å²) < 4.78 is 0. The quantitative estimate of drug-likeness (QED) is 0.701. The first kappa shape index (κ1) is 13.4. The molecule has 1 amide bonds. The molecule has 1 aromatic rings. The van der Waals surface area contributed by atoms with Crippen molar-refractivity contribution in [3.05, 3.63) is 22.8 Å². The van der Waals surface area contributed by atoms with Crippen molar-refractivity contribution >= 4 is 17.3 Å². The number of nitrogens with two attached hydrogens (primary N) is 3. The van der Waals surface area contributed by atoms with Gasteiger partial charge < -0.3 is 17.2 Å². The molecule has 1 rings (SSSR count). The van der Waals surface area contributed by atoms with E-state index in [-0.39, 0.29) is 11.8 Å². The predicted octanol–water partition coefficient (Wildman–Crippen LogP) is 2.20. The van der Waals surface area contributed by atoms with Crippen LogP contribution in [0.15, 0.2) is 6.07 Å². The summed E-state index contributed by atoms with van der Waals surface area (Å²) in [5.41, 5.74) is 20.6. The fourth-order valence-corrected chi connectivity index (χ4v) is 2.20. The lowest BCUT2D eigenvalue weighted by Gasteiger charge is -2.22. The maximum Gasteiger partial charge on any atom is 0.249 e. The smallest absolute Gasteiger partial charge is 0.249 e. The largest absolute Gasteiger partial charge is 0.397 e. The molecule has 0 unspecified atom stereocenters. The van der Waals surface area contributed by atoms with Gasteiger partial charge >= 0.3 is 0 Å². The van der Waals surface area contributed by atoms with Gasteiger partial charge in [0.15, 0.2) is 0 Å². The number of nitrogen functional groups attached to an aromatic ring is 2. The van der Waals surface area contributed by atoms with Crippen molar-refractivity contribution in [2.24, 2.45) is 5.73 Å². The van der Waals surface area contributed by atoms with Crippen LogP contribution >= 0.6 is 0 Å². The Morgan fingerprint density at radius 2 is 1.53 bits per heavy atom. The molecule has 0 heterocycles. The van der Waals surface area contributed by atoms with Crippen LogP contribution in [0.2, 0.25) is 0 Å². The van der Waals surface area contributed by atoms with Gasteiger partial charge in [-0.1, -0.05) is 27.7 Å². The number of hydrogen-bond donors (Lipinski definition) is 3. The molecule has 0 saturated heterocycles. The zero-order valence-electron chi connectivity index (χ0n) is 10.9. The van der Waals surface area contributed by atoms with E-state index in [1.54, 1.807) is 6.07 Å². The van der Waals surface area contributed by atoms with Gasteiger partial charge in [-0.05, 0) is 29.0 Å². The molecule has 0 aromatic heterocycles. The molecule has 0 fully saturated rings. The molecule has 0 aliphatic rings. The number of anilines is 2. The van der Waals surface area contributed by atoms with Crippen LogP contribution in [0.3, 0.4) is 0 Å². The predicted molar refractivity (Wildman–Crippen MR) is 72.0 cm³/mol. The summed E-state index contributed by atoms with van der Waals surface area (Å²) in [6.45, 7) is 8.09. The van der Waals surface area contributed by atoms with Gasteiger partial charge in [0.1, 0.15) is 0 Å². The molecule has 4 heteroatoms. The summed E-state index contributed by atoms with van der Waals surface area (Å²) in [4.78, 5) is 11.5. The zero-order chi connectivity index (χ0) is 13.3. The number of primary amides is 1. The first-order valence-electron chi connectivity index (χ1n) is 5.78. The molecule has 0 bridgehead atoms. The van der Waals surface area contributed by atoms with Crippen molar-refractivity contribution in [1.82, 2.24) is 0 Å². The third-order valence-corrected chi connectivity index (χ3v) is 2.90. The van der Waals surface area contributed by atoms with Crippen molar-refractivity contribution in [2.45, 2.75) is 39.5 Å². The Labute approximate surface area is 102 Å². The Hall–Kier alpha value is -1.71. The number of hydrogen-bond acceptors (Lipinski definition) is 3. The number of rotatable bonds is 3. The number of carbonyl (C=O) groups excluding carboxylic acids is 1. The number of benzene rings is 1. The van der Waals surface area contributed by atoms with Crippen molar-refractivity contribution in [3.8, 4) is 0 Å². The highest BCUT2D eigenvalue weighted by atomic mass is 16.1. The lowest BCUT2D eigenvalue weighted by Crippen LogP contribution is -2.18. The van der Waals surface area contributed by atoms with Crippen LogP contribution in [0.1, 0.15) is 61.0 Å². The summed E-state index contributed by atoms with van der Waals surface area (Å²) in [7, 11) is 0. The highest BCUT2D eigenvalue weighted by Gasteiger charge is 2.21. The lowest BCUT2D eigenvalue weighted by molar-refractivity contribution is 0.0999. The minimum absolute atomic E-state index is 0.179. The van der Waals surface area contributed by atoms with Crippen molar-refractivity contribution in [3.63, 3.8) is 0 Å². The normalized spacial score (nSPS) is 11.2. The highest BCUT2D eigenvalue weighted by molar-refractivity contribution is 5.97. The summed E-state index contributed by atoms with van der Waals surface area (Å²) in [5.74, 6) is -0.0749. The van der Waals surface area contributed by atoms with Gasteiger partial charge in [0, 0.05) is 5.56 Å². The third kappa shape index (κ3) is 2.35. The fourth-order valence-electron chi connectivity index (χ4n) is 2.20. The molecular formula is C13H21N3O. The molecule has 0 spiro atoms. The van der Waals surface area contributed by atoms with Gasteiger partial charge in [-0.2, -0.15) is 0 Å². The van der Waals surface area contributed by atoms with E-state index in [4.69, 9.17) is 17.2 Å². The van der Waals surface area contributed by atoms with E-state index in [9.17, 15) is 4.79 Å². The van der Waals surface area contributed by atoms with Crippen LogP contribution in [-0.2, 0) is 0 Å². The second kappa shape index (κ2) is 4.65. The molecule has 0 aliphatic carbocycles. The van der Waals surface area contributed by atoms with Gasteiger partial charge in [0.25, 0.3) is 0 Å². The van der Waals surface area contributed by atoms with E-state index in [0.29, 0.717) is 16.9 Å². The Kier molecular flexibility index (Phi) is 3.66. The Bertz CT molecular complexity index is 450. The fraction of sp³-hybridized carbons (Fsp3) is 0.462. The topological polar surface area (TPSA) is 95.1 Å². The Morgan fingerprint density at radius 3 is 1.88 bits per heavy atom. The van der Waals surface area contributed by atoms with E-state index in [2.05, 4.69) is 0 Å². The molecule has 1 aromatic carbocycles. The first-order chi connectivity index (χ1) is 7.77. The Balaban J connectivity index is 3.70. The average molecular weight is 235 g/mol. The second-order valence-corrected chi connectivity index (χ2v) is 4.93. The van der Waals surface area contributed by atoms with Crippen LogP contribution in [0.25, 0.3) is 0 Å². The van der Waals surface area contributed by atoms with Crippen molar-refractivity contribution in [2.75, 3.05) is 11.5 Å². The van der Waals surface area contributed by atoms with Crippen LogP contribution < -0.4 is 17.2 Å². The second-order valence-electron chi connectivity index (χ2n) is 4.93. The number of carbonyl (C=O) groups is 1. The zero-order valence-corrected chi connectivity index (χ0v) is 10.9. The summed E-state index contributed by atoms with van der Waals surface area (Å²) in [6.07, 6.45) is 0. The molecule has 0 aliphatic heterocycles. The Morgan fingerprint density at radius 1 is 1.06 bits per heavy atom. The standard InChI is InChI=1S/C13H21N3O/c1-6(2)10-8(13(16)17)5-9(14)12(15)11(10)7(3)4/h5-7H,14-15H2,1-4H3,(H2,16,17). The van der Waals surface area contributed by atoms with Crippen molar-refractivity contribution in [1.29, 1.82) is 0 Å². The molecule has 0 radical (unpaired) electrons. The highest BCUT2D eigenvalue weighted by Crippen LogP contribution is 2.37. The van der Waals surface area contributed by atoms with Crippen LogP contribution in [-0.4, -0.2) is 5.91 Å². The first-order valence-corrected chi connectivity index (χ1v) is 5.78. The molecular weight excluding hydrogens is 214 g/mol. The van der Waals surface area contributed by atoms with E-state index in [0.717, 1.165) is 11.1 Å². The maximum absolute atomic E-state index is 11.5. The number of amides is 1. The van der Waals surface area contributed by atoms with Gasteiger partial charge in [-0.15, -0.1) is 0 Å². The molecule has 94 valence electrons. The summed E-state index contributed by atoms with van der Waals surface area (Å²) >= 11 is 0. The SMILES string of the molecule is CC(C)c1c(C(N)=O)cc(N)c(N)c1C(C)C. The molecule has 17 heavy (non-hydrogen) atoms. The van der Waals surface area contributed by atoms with E-state index >= 15 is 0 Å². The van der Waals surface area contributed by atoms with Gasteiger partial charge in [0.2, 0.25) is 5.91 Å². The van der Waals surface area contributed by atoms with E-state index in [1.165, 1.54) is 0 Å². The van der Waals surface area contributed by atoms with Crippen molar-refractivity contribution < 1.29 is 4.79 Å². The summed E-state index contributed by atoms with van der Waals surface area (Å²) in [5, 5.41) is 0. The minimum atomic E-state index is -0.456. The van der Waals surface area contributed by atoms with E-state index < -0.39 is 5.91 Å². The monoisotopic (exact) mass is 235 g/mol. The molecule has 4 nitrogen and oxygen atoms in total. The maximum atomic E-state index is 11.5. The molecule has 6 N–H and O–H groups in total. The van der Waals surface area contributed by atoms with Crippen LogP contribution in [0.5, 0.6) is 0 Å². The van der Waals surface area contributed by atoms with Crippen LogP contribution in [0.4, 0.5) is 11.4 Å². The molecule has 0 saturated carbocycles. The third-order valence-electron chi connectivity index (χ3n) is 2.90. The summed E-state index contributed by atoms with van der Waals surface area (Å²) in [6, 6.07) is 1.58. The minimum Gasteiger partial charge on any atom is -0.397 e. The van der Waals surface area contributed by atoms with E-state index in [1.807, 2.05) is 27.7 Å².